The van der Waals surface area contributed by atoms with Crippen molar-refractivity contribution in [1.29, 1.82) is 0 Å². The van der Waals surface area contributed by atoms with Crippen LogP contribution in [-0.2, 0) is 19.9 Å². The van der Waals surface area contributed by atoms with Gasteiger partial charge in [0.15, 0.2) is 6.10 Å². The van der Waals surface area contributed by atoms with Gasteiger partial charge in [-0.2, -0.15) is 0 Å². The standard InChI is InChI=1S/C13H18O5/c1-13(18-4,11(14)12(15)17-3)9-7-5-6-8-10(9)16-2/h5-8,11,14H,1-4H3. The first-order chi connectivity index (χ1) is 8.51. The van der Waals surface area contributed by atoms with Gasteiger partial charge in [0, 0.05) is 12.7 Å². The van der Waals surface area contributed by atoms with Gasteiger partial charge in [-0.15, -0.1) is 0 Å². The Morgan fingerprint density at radius 3 is 2.39 bits per heavy atom. The summed E-state index contributed by atoms with van der Waals surface area (Å²) < 4.78 is 15.1. The molecule has 0 aliphatic rings. The molecule has 0 amide bonds. The normalized spacial score (nSPS) is 15.6. The number of ether oxygens (including phenoxy) is 3. The number of hydrogen-bond donors (Lipinski definition) is 1. The van der Waals surface area contributed by atoms with Crippen molar-refractivity contribution in [2.45, 2.75) is 18.6 Å². The van der Waals surface area contributed by atoms with Gasteiger partial charge in [0.2, 0.25) is 0 Å². The number of carbonyl (C=O) groups excluding carboxylic acids is 1. The number of methoxy groups -OCH3 is 3. The third-order valence-corrected chi connectivity index (χ3v) is 3.01. The van der Waals surface area contributed by atoms with E-state index in [2.05, 4.69) is 4.74 Å². The fourth-order valence-electron chi connectivity index (χ4n) is 1.76. The number of aliphatic hydroxyl groups is 1. The van der Waals surface area contributed by atoms with Crippen LogP contribution in [0.1, 0.15) is 12.5 Å². The molecule has 0 bridgehead atoms. The van der Waals surface area contributed by atoms with Gasteiger partial charge in [-0.3, -0.25) is 0 Å². The Bertz CT molecular complexity index is 418. The van der Waals surface area contributed by atoms with Crippen molar-refractivity contribution in [3.63, 3.8) is 0 Å². The predicted octanol–water partition coefficient (Wildman–Crippen LogP) is 1.09. The Hall–Kier alpha value is -1.59. The molecule has 0 heterocycles. The van der Waals surface area contributed by atoms with Crippen LogP contribution < -0.4 is 4.74 Å². The molecular formula is C13H18O5. The van der Waals surface area contributed by atoms with Gasteiger partial charge in [0.05, 0.1) is 14.2 Å². The summed E-state index contributed by atoms with van der Waals surface area (Å²) >= 11 is 0. The first kappa shape index (κ1) is 14.5. The molecule has 2 atom stereocenters. The maximum absolute atomic E-state index is 11.5. The van der Waals surface area contributed by atoms with Gasteiger partial charge in [-0.05, 0) is 13.0 Å². The minimum absolute atomic E-state index is 0.532. The molecule has 0 radical (unpaired) electrons. The molecule has 0 aliphatic heterocycles. The zero-order valence-corrected chi connectivity index (χ0v) is 11.0. The van der Waals surface area contributed by atoms with E-state index in [4.69, 9.17) is 9.47 Å². The lowest BCUT2D eigenvalue weighted by atomic mass is 9.89. The molecule has 5 heteroatoms. The van der Waals surface area contributed by atoms with E-state index in [1.54, 1.807) is 31.2 Å². The number of hydrogen-bond acceptors (Lipinski definition) is 5. The molecule has 0 fully saturated rings. The van der Waals surface area contributed by atoms with Crippen molar-refractivity contribution in [2.24, 2.45) is 0 Å². The second-order valence-corrected chi connectivity index (χ2v) is 3.94. The van der Waals surface area contributed by atoms with Gasteiger partial charge >= 0.3 is 5.97 Å². The van der Waals surface area contributed by atoms with E-state index in [1.807, 2.05) is 0 Å². The highest BCUT2D eigenvalue weighted by atomic mass is 16.6. The van der Waals surface area contributed by atoms with Crippen LogP contribution in [0.5, 0.6) is 5.75 Å². The van der Waals surface area contributed by atoms with Crippen molar-refractivity contribution < 1.29 is 24.1 Å². The van der Waals surface area contributed by atoms with Crippen LogP contribution in [-0.4, -0.2) is 38.5 Å². The summed E-state index contributed by atoms with van der Waals surface area (Å²) in [5.41, 5.74) is -0.660. The van der Waals surface area contributed by atoms with Crippen molar-refractivity contribution in [3.05, 3.63) is 29.8 Å². The SMILES string of the molecule is COC(=O)C(O)C(C)(OC)c1ccccc1OC. The van der Waals surface area contributed by atoms with E-state index in [9.17, 15) is 9.90 Å². The molecule has 0 spiro atoms. The van der Waals surface area contributed by atoms with Crippen LogP contribution in [0.25, 0.3) is 0 Å². The van der Waals surface area contributed by atoms with Crippen molar-refractivity contribution >= 4 is 5.97 Å². The summed E-state index contributed by atoms with van der Waals surface area (Å²) in [7, 11) is 4.14. The molecule has 0 saturated heterocycles. The lowest BCUT2D eigenvalue weighted by Gasteiger charge is -2.32. The second-order valence-electron chi connectivity index (χ2n) is 3.94. The minimum atomic E-state index is -1.44. The van der Waals surface area contributed by atoms with E-state index in [0.717, 1.165) is 0 Å². The van der Waals surface area contributed by atoms with Gasteiger partial charge in [0.25, 0.3) is 0 Å². The molecule has 5 nitrogen and oxygen atoms in total. The van der Waals surface area contributed by atoms with Crippen LogP contribution in [0.2, 0.25) is 0 Å². The Morgan fingerprint density at radius 1 is 1.28 bits per heavy atom. The molecule has 18 heavy (non-hydrogen) atoms. The zero-order valence-electron chi connectivity index (χ0n) is 11.0. The highest BCUT2D eigenvalue weighted by Crippen LogP contribution is 2.35. The molecule has 100 valence electrons. The van der Waals surface area contributed by atoms with Crippen LogP contribution in [0.15, 0.2) is 24.3 Å². The van der Waals surface area contributed by atoms with Crippen LogP contribution in [0.4, 0.5) is 0 Å². The smallest absolute Gasteiger partial charge is 0.338 e. The highest BCUT2D eigenvalue weighted by molar-refractivity contribution is 5.76. The number of aliphatic hydroxyl groups excluding tert-OH is 1. The second kappa shape index (κ2) is 5.84. The first-order valence-electron chi connectivity index (χ1n) is 5.45. The number of para-hydroxylation sites is 1. The number of esters is 1. The van der Waals surface area contributed by atoms with Crippen LogP contribution in [0.3, 0.4) is 0 Å². The van der Waals surface area contributed by atoms with E-state index >= 15 is 0 Å². The van der Waals surface area contributed by atoms with Crippen molar-refractivity contribution in [3.8, 4) is 5.75 Å². The molecule has 1 N–H and O–H groups in total. The molecule has 1 aromatic carbocycles. The monoisotopic (exact) mass is 254 g/mol. The topological polar surface area (TPSA) is 65.0 Å². The number of rotatable bonds is 5. The Labute approximate surface area is 106 Å². The van der Waals surface area contributed by atoms with Crippen molar-refractivity contribution in [1.82, 2.24) is 0 Å². The predicted molar refractivity (Wildman–Crippen MR) is 65.4 cm³/mol. The third-order valence-electron chi connectivity index (χ3n) is 3.01. The van der Waals surface area contributed by atoms with Crippen LogP contribution in [0, 0.1) is 0 Å². The maximum Gasteiger partial charge on any atom is 0.338 e. The largest absolute Gasteiger partial charge is 0.496 e. The summed E-state index contributed by atoms with van der Waals surface area (Å²) in [5, 5.41) is 10.1. The minimum Gasteiger partial charge on any atom is -0.496 e. The summed E-state index contributed by atoms with van der Waals surface area (Å²) in [5.74, 6) is -0.227. The van der Waals surface area contributed by atoms with E-state index in [0.29, 0.717) is 11.3 Å². The molecule has 1 aromatic rings. The zero-order chi connectivity index (χ0) is 13.8. The summed E-state index contributed by atoms with van der Waals surface area (Å²) in [6, 6.07) is 7.03. The van der Waals surface area contributed by atoms with E-state index < -0.39 is 17.7 Å². The summed E-state index contributed by atoms with van der Waals surface area (Å²) in [6.07, 6.45) is -1.44. The van der Waals surface area contributed by atoms with Gasteiger partial charge in [-0.1, -0.05) is 18.2 Å². The average Bonchev–Trinajstić information content (AvgIpc) is 2.44. The van der Waals surface area contributed by atoms with E-state index in [-0.39, 0.29) is 0 Å². The summed E-state index contributed by atoms with van der Waals surface area (Å²) in [6.45, 7) is 1.60. The maximum atomic E-state index is 11.5. The van der Waals surface area contributed by atoms with Crippen LogP contribution >= 0.6 is 0 Å². The lowest BCUT2D eigenvalue weighted by Crippen LogP contribution is -2.44. The summed E-state index contributed by atoms with van der Waals surface area (Å²) in [4.78, 5) is 11.5. The molecule has 1 rings (SSSR count). The Balaban J connectivity index is 3.26. The molecular weight excluding hydrogens is 236 g/mol. The first-order valence-corrected chi connectivity index (χ1v) is 5.45. The quantitative estimate of drug-likeness (QED) is 0.797. The lowest BCUT2D eigenvalue weighted by molar-refractivity contribution is -0.170. The average molecular weight is 254 g/mol. The molecule has 0 aliphatic carbocycles. The highest BCUT2D eigenvalue weighted by Gasteiger charge is 2.42. The van der Waals surface area contributed by atoms with Gasteiger partial charge < -0.3 is 19.3 Å². The van der Waals surface area contributed by atoms with E-state index in [1.165, 1.54) is 21.3 Å². The molecule has 0 aromatic heterocycles. The fraction of sp³-hybridized carbons (Fsp3) is 0.462. The van der Waals surface area contributed by atoms with Crippen molar-refractivity contribution in [2.75, 3.05) is 21.3 Å². The molecule has 2 unspecified atom stereocenters. The molecule has 0 saturated carbocycles. The Morgan fingerprint density at radius 2 is 1.89 bits per heavy atom. The van der Waals surface area contributed by atoms with Gasteiger partial charge in [0.1, 0.15) is 11.4 Å². The number of benzene rings is 1. The number of carbonyl (C=O) groups is 1. The fourth-order valence-corrected chi connectivity index (χ4v) is 1.76. The van der Waals surface area contributed by atoms with Gasteiger partial charge in [-0.25, -0.2) is 4.79 Å². The third kappa shape index (κ3) is 2.47. The Kier molecular flexibility index (Phi) is 4.69.